The molecule has 0 radical (unpaired) electrons. The third-order valence-corrected chi connectivity index (χ3v) is 3.91. The molecule has 0 atom stereocenters. The van der Waals surface area contributed by atoms with Gasteiger partial charge in [-0.05, 0) is 24.6 Å². The normalized spacial score (nSPS) is 10.4. The topological polar surface area (TPSA) is 37.4 Å². The fraction of sp³-hybridized carbons (Fsp3) is 0.263. The van der Waals surface area contributed by atoms with Crippen molar-refractivity contribution >= 4 is 23.3 Å². The van der Waals surface area contributed by atoms with Gasteiger partial charge in [-0.1, -0.05) is 53.6 Å². The predicted octanol–water partition coefficient (Wildman–Crippen LogP) is 4.27. The second-order valence-electron chi connectivity index (χ2n) is 5.67. The van der Waals surface area contributed by atoms with E-state index in [-0.39, 0.29) is 24.5 Å². The lowest BCUT2D eigenvalue weighted by Gasteiger charge is -2.17. The number of ketones is 1. The molecule has 0 saturated heterocycles. The second-order valence-corrected chi connectivity index (χ2v) is 6.11. The van der Waals surface area contributed by atoms with Gasteiger partial charge in [-0.15, -0.1) is 0 Å². The summed E-state index contributed by atoms with van der Waals surface area (Å²) in [6.07, 6.45) is 0.436. The number of carbonyl (C=O) groups excluding carboxylic acids is 2. The maximum absolute atomic E-state index is 12.2. The Kier molecular flexibility index (Phi) is 5.94. The molecule has 0 spiro atoms. The van der Waals surface area contributed by atoms with Crippen LogP contribution in [0.1, 0.15) is 34.3 Å². The Hall–Kier alpha value is -2.13. The molecule has 120 valence electrons. The molecule has 3 nitrogen and oxygen atoms in total. The standard InChI is InChI=1S/C19H20ClNO2/c1-14-6-8-16(9-7-14)18(22)10-11-19(23)21(2)13-15-4-3-5-17(20)12-15/h3-9,12H,10-11,13H2,1-2H3. The molecular formula is C19H20ClNO2. The zero-order valence-corrected chi connectivity index (χ0v) is 14.1. The summed E-state index contributed by atoms with van der Waals surface area (Å²) < 4.78 is 0. The van der Waals surface area contributed by atoms with Crippen molar-refractivity contribution in [1.29, 1.82) is 0 Å². The average molecular weight is 330 g/mol. The largest absolute Gasteiger partial charge is 0.341 e. The highest BCUT2D eigenvalue weighted by Crippen LogP contribution is 2.13. The highest BCUT2D eigenvalue weighted by atomic mass is 35.5. The number of nitrogens with zero attached hydrogens (tertiary/aromatic N) is 1. The lowest BCUT2D eigenvalue weighted by Crippen LogP contribution is -2.26. The number of amides is 1. The van der Waals surface area contributed by atoms with E-state index in [0.717, 1.165) is 11.1 Å². The second kappa shape index (κ2) is 7.93. The number of hydrogen-bond acceptors (Lipinski definition) is 2. The average Bonchev–Trinajstić information content (AvgIpc) is 2.53. The first-order valence-electron chi connectivity index (χ1n) is 7.54. The fourth-order valence-corrected chi connectivity index (χ4v) is 2.51. The highest BCUT2D eigenvalue weighted by molar-refractivity contribution is 6.30. The number of benzene rings is 2. The Labute approximate surface area is 141 Å². The van der Waals surface area contributed by atoms with Crippen molar-refractivity contribution < 1.29 is 9.59 Å². The van der Waals surface area contributed by atoms with Crippen LogP contribution in [0.25, 0.3) is 0 Å². The summed E-state index contributed by atoms with van der Waals surface area (Å²) in [5.74, 6) is -0.0556. The van der Waals surface area contributed by atoms with E-state index in [1.165, 1.54) is 0 Å². The van der Waals surface area contributed by atoms with Crippen molar-refractivity contribution in [3.05, 3.63) is 70.2 Å². The van der Waals surface area contributed by atoms with E-state index < -0.39 is 0 Å². The Morgan fingerprint density at radius 3 is 2.39 bits per heavy atom. The van der Waals surface area contributed by atoms with Crippen LogP contribution in [-0.2, 0) is 11.3 Å². The van der Waals surface area contributed by atoms with Crippen molar-refractivity contribution in [3.63, 3.8) is 0 Å². The van der Waals surface area contributed by atoms with Gasteiger partial charge >= 0.3 is 0 Å². The lowest BCUT2D eigenvalue weighted by atomic mass is 10.0. The number of rotatable bonds is 6. The molecule has 0 fully saturated rings. The third-order valence-electron chi connectivity index (χ3n) is 3.67. The van der Waals surface area contributed by atoms with Crippen molar-refractivity contribution in [2.45, 2.75) is 26.3 Å². The molecular weight excluding hydrogens is 310 g/mol. The van der Waals surface area contributed by atoms with Gasteiger partial charge in [0, 0.05) is 37.0 Å². The Morgan fingerprint density at radius 1 is 1.04 bits per heavy atom. The van der Waals surface area contributed by atoms with Gasteiger partial charge in [0.2, 0.25) is 5.91 Å². The molecule has 2 rings (SSSR count). The molecule has 0 aliphatic heterocycles. The van der Waals surface area contributed by atoms with E-state index in [1.54, 1.807) is 30.1 Å². The molecule has 0 heterocycles. The minimum absolute atomic E-state index is 0.00509. The molecule has 2 aromatic carbocycles. The molecule has 4 heteroatoms. The van der Waals surface area contributed by atoms with E-state index in [1.807, 2.05) is 37.3 Å². The summed E-state index contributed by atoms with van der Waals surface area (Å²) in [7, 11) is 1.74. The SMILES string of the molecule is Cc1ccc(C(=O)CCC(=O)N(C)Cc2cccc(Cl)c2)cc1. The van der Waals surface area contributed by atoms with E-state index >= 15 is 0 Å². The highest BCUT2D eigenvalue weighted by Gasteiger charge is 2.13. The van der Waals surface area contributed by atoms with Crippen LogP contribution in [0.15, 0.2) is 48.5 Å². The van der Waals surface area contributed by atoms with Crippen LogP contribution in [0.2, 0.25) is 5.02 Å². The molecule has 0 aliphatic rings. The van der Waals surface area contributed by atoms with Crippen LogP contribution < -0.4 is 0 Å². The Bertz CT molecular complexity index is 695. The molecule has 0 aromatic heterocycles. The van der Waals surface area contributed by atoms with E-state index in [4.69, 9.17) is 11.6 Å². The van der Waals surface area contributed by atoms with Crippen molar-refractivity contribution in [1.82, 2.24) is 4.90 Å². The molecule has 2 aromatic rings. The predicted molar refractivity (Wildman–Crippen MR) is 92.7 cm³/mol. The summed E-state index contributed by atoms with van der Waals surface area (Å²) >= 11 is 5.94. The van der Waals surface area contributed by atoms with Crippen LogP contribution in [0.5, 0.6) is 0 Å². The van der Waals surface area contributed by atoms with E-state index in [2.05, 4.69) is 0 Å². The number of Topliss-reactive ketones (excluding diaryl/α,β-unsaturated/α-hetero) is 1. The number of halogens is 1. The third kappa shape index (κ3) is 5.22. The number of aryl methyl sites for hydroxylation is 1. The zero-order chi connectivity index (χ0) is 16.8. The summed E-state index contributed by atoms with van der Waals surface area (Å²) in [4.78, 5) is 25.9. The van der Waals surface area contributed by atoms with E-state index in [0.29, 0.717) is 17.1 Å². The zero-order valence-electron chi connectivity index (χ0n) is 13.4. The van der Waals surface area contributed by atoms with Gasteiger partial charge in [0.05, 0.1) is 0 Å². The summed E-state index contributed by atoms with van der Waals surface area (Å²) in [5, 5.41) is 0.651. The molecule has 0 aliphatic carbocycles. The van der Waals surface area contributed by atoms with Gasteiger partial charge in [0.1, 0.15) is 0 Å². The Balaban J connectivity index is 1.86. The molecule has 23 heavy (non-hydrogen) atoms. The van der Waals surface area contributed by atoms with Gasteiger partial charge < -0.3 is 4.90 Å². The molecule has 0 saturated carbocycles. The van der Waals surface area contributed by atoms with Gasteiger partial charge in [-0.3, -0.25) is 9.59 Å². The maximum atomic E-state index is 12.2. The number of hydrogen-bond donors (Lipinski definition) is 0. The van der Waals surface area contributed by atoms with Crippen LogP contribution in [0.3, 0.4) is 0 Å². The maximum Gasteiger partial charge on any atom is 0.223 e. The van der Waals surface area contributed by atoms with Gasteiger partial charge in [0.25, 0.3) is 0 Å². The summed E-state index contributed by atoms with van der Waals surface area (Å²) in [6.45, 7) is 2.46. The molecule has 0 N–H and O–H groups in total. The first-order chi connectivity index (χ1) is 11.0. The summed E-state index contributed by atoms with van der Waals surface area (Å²) in [6, 6.07) is 14.8. The molecule has 0 bridgehead atoms. The number of carbonyl (C=O) groups is 2. The lowest BCUT2D eigenvalue weighted by molar-refractivity contribution is -0.130. The van der Waals surface area contributed by atoms with Crippen LogP contribution in [0.4, 0.5) is 0 Å². The first-order valence-corrected chi connectivity index (χ1v) is 7.92. The van der Waals surface area contributed by atoms with Gasteiger partial charge in [-0.2, -0.15) is 0 Å². The minimum Gasteiger partial charge on any atom is -0.341 e. The van der Waals surface area contributed by atoms with Crippen LogP contribution in [-0.4, -0.2) is 23.6 Å². The van der Waals surface area contributed by atoms with Crippen molar-refractivity contribution in [2.24, 2.45) is 0 Å². The minimum atomic E-state index is -0.0505. The molecule has 0 unspecified atom stereocenters. The van der Waals surface area contributed by atoms with Gasteiger partial charge in [-0.25, -0.2) is 0 Å². The van der Waals surface area contributed by atoms with E-state index in [9.17, 15) is 9.59 Å². The van der Waals surface area contributed by atoms with Gasteiger partial charge in [0.15, 0.2) is 5.78 Å². The fourth-order valence-electron chi connectivity index (χ4n) is 2.29. The van der Waals surface area contributed by atoms with Crippen molar-refractivity contribution in [3.8, 4) is 0 Å². The first kappa shape index (κ1) is 17.2. The molecule has 1 amide bonds. The quantitative estimate of drug-likeness (QED) is 0.742. The monoisotopic (exact) mass is 329 g/mol. The van der Waals surface area contributed by atoms with Crippen LogP contribution in [0, 0.1) is 6.92 Å². The smallest absolute Gasteiger partial charge is 0.223 e. The van der Waals surface area contributed by atoms with Crippen molar-refractivity contribution in [2.75, 3.05) is 7.05 Å². The van der Waals surface area contributed by atoms with Crippen LogP contribution >= 0.6 is 11.6 Å². The summed E-state index contributed by atoms with van der Waals surface area (Å²) in [5.41, 5.74) is 2.73. The Morgan fingerprint density at radius 2 is 1.74 bits per heavy atom.